The molecule has 8 heteroatoms. The number of nitrogens with zero attached hydrogens (tertiary/aromatic N) is 2. The first-order valence-electron chi connectivity index (χ1n) is 11.3. The highest BCUT2D eigenvalue weighted by molar-refractivity contribution is 5.86. The molecule has 2 aromatic rings. The summed E-state index contributed by atoms with van der Waals surface area (Å²) >= 11 is 0. The zero-order valence-electron chi connectivity index (χ0n) is 18.7. The highest BCUT2D eigenvalue weighted by Crippen LogP contribution is 2.44. The number of fused-ring (bicyclic) bond motifs is 3. The Kier molecular flexibility index (Phi) is 6.93. The van der Waals surface area contributed by atoms with E-state index in [-0.39, 0.29) is 25.0 Å². The van der Waals surface area contributed by atoms with Crippen molar-refractivity contribution < 1.29 is 24.2 Å². The normalized spacial score (nSPS) is 16.6. The lowest BCUT2D eigenvalue weighted by Gasteiger charge is -2.35. The van der Waals surface area contributed by atoms with E-state index in [1.165, 1.54) is 0 Å². The average molecular weight is 452 g/mol. The number of rotatable bonds is 7. The number of alkyl carbamates (subject to hydrolysis) is 1. The molecule has 0 radical (unpaired) electrons. The highest BCUT2D eigenvalue weighted by atomic mass is 16.5. The van der Waals surface area contributed by atoms with Gasteiger partial charge in [-0.15, -0.1) is 0 Å². The van der Waals surface area contributed by atoms with Gasteiger partial charge in [0.05, 0.1) is 6.54 Å². The third-order valence-electron chi connectivity index (χ3n) is 6.38. The zero-order chi connectivity index (χ0) is 23.4. The molecule has 4 rings (SSSR count). The molecule has 0 aromatic heterocycles. The molecule has 33 heavy (non-hydrogen) atoms. The van der Waals surface area contributed by atoms with Gasteiger partial charge in [0.2, 0.25) is 5.91 Å². The van der Waals surface area contributed by atoms with Crippen LogP contribution in [-0.4, -0.2) is 78.2 Å². The van der Waals surface area contributed by atoms with E-state index in [9.17, 15) is 14.4 Å². The molecule has 1 fully saturated rings. The second-order valence-corrected chi connectivity index (χ2v) is 8.43. The van der Waals surface area contributed by atoms with Crippen molar-refractivity contribution in [2.75, 3.05) is 39.3 Å². The Morgan fingerprint density at radius 1 is 1.00 bits per heavy atom. The van der Waals surface area contributed by atoms with Crippen molar-refractivity contribution >= 4 is 18.0 Å². The predicted octanol–water partition coefficient (Wildman–Crippen LogP) is 2.53. The summed E-state index contributed by atoms with van der Waals surface area (Å²) in [6, 6.07) is 15.6. The fraction of sp³-hybridized carbons (Fsp3) is 0.400. The van der Waals surface area contributed by atoms with E-state index in [4.69, 9.17) is 9.84 Å². The number of aliphatic carboxylic acids is 1. The maximum absolute atomic E-state index is 12.9. The minimum Gasteiger partial charge on any atom is -0.480 e. The van der Waals surface area contributed by atoms with E-state index in [2.05, 4.69) is 29.6 Å². The average Bonchev–Trinajstić information content (AvgIpc) is 3.14. The molecule has 1 saturated heterocycles. The minimum atomic E-state index is -0.877. The summed E-state index contributed by atoms with van der Waals surface area (Å²) in [7, 11) is 0. The molecule has 0 saturated carbocycles. The van der Waals surface area contributed by atoms with Crippen LogP contribution >= 0.6 is 0 Å². The predicted molar refractivity (Wildman–Crippen MR) is 123 cm³/mol. The second-order valence-electron chi connectivity index (χ2n) is 8.43. The van der Waals surface area contributed by atoms with E-state index in [0.29, 0.717) is 32.6 Å². The summed E-state index contributed by atoms with van der Waals surface area (Å²) in [5.41, 5.74) is 4.58. The Balaban J connectivity index is 1.33. The largest absolute Gasteiger partial charge is 0.480 e. The van der Waals surface area contributed by atoms with Gasteiger partial charge in [0.1, 0.15) is 12.6 Å². The molecule has 2 aromatic carbocycles. The fourth-order valence-corrected chi connectivity index (χ4v) is 4.66. The fourth-order valence-electron chi connectivity index (χ4n) is 4.66. The molecular weight excluding hydrogens is 422 g/mol. The molecule has 0 bridgehead atoms. The Hall–Kier alpha value is -3.39. The van der Waals surface area contributed by atoms with Crippen molar-refractivity contribution in [2.45, 2.75) is 25.3 Å². The first-order chi connectivity index (χ1) is 16.0. The van der Waals surface area contributed by atoms with Crippen molar-refractivity contribution in [3.63, 3.8) is 0 Å². The van der Waals surface area contributed by atoms with Gasteiger partial charge in [-0.05, 0) is 28.7 Å². The summed E-state index contributed by atoms with van der Waals surface area (Å²) in [4.78, 5) is 39.8. The highest BCUT2D eigenvalue weighted by Gasteiger charge is 2.31. The summed E-state index contributed by atoms with van der Waals surface area (Å²) in [6.07, 6.45) is -0.167. The van der Waals surface area contributed by atoms with Gasteiger partial charge >= 0.3 is 12.1 Å². The quantitative estimate of drug-likeness (QED) is 0.671. The smallest absolute Gasteiger partial charge is 0.407 e. The number of benzene rings is 2. The van der Waals surface area contributed by atoms with Crippen LogP contribution < -0.4 is 5.32 Å². The minimum absolute atomic E-state index is 0.0305. The van der Waals surface area contributed by atoms with Gasteiger partial charge in [-0.1, -0.05) is 55.5 Å². The lowest BCUT2D eigenvalue weighted by Crippen LogP contribution is -2.55. The van der Waals surface area contributed by atoms with Crippen LogP contribution in [0.4, 0.5) is 4.79 Å². The topological polar surface area (TPSA) is 99.2 Å². The number of nitrogens with one attached hydrogen (secondary N) is 1. The van der Waals surface area contributed by atoms with Gasteiger partial charge in [0.25, 0.3) is 0 Å². The standard InChI is InChI=1S/C25H29N3O5/c1-2-22(24(31)28-13-11-27(12-14-28)15-23(29)30)26-25(32)33-16-21-19-9-5-3-7-17(19)18-8-4-6-10-20(18)21/h3-10,21-22H,2,11-16H2,1H3,(H,26,32)(H,29,30). The first-order valence-corrected chi connectivity index (χ1v) is 11.3. The van der Waals surface area contributed by atoms with Crippen molar-refractivity contribution in [3.05, 3.63) is 59.7 Å². The second kappa shape index (κ2) is 10.0. The maximum Gasteiger partial charge on any atom is 0.407 e. The van der Waals surface area contributed by atoms with E-state index < -0.39 is 18.1 Å². The number of carbonyl (C=O) groups is 3. The molecule has 2 N–H and O–H groups in total. The van der Waals surface area contributed by atoms with Crippen molar-refractivity contribution in [1.29, 1.82) is 0 Å². The molecule has 2 amide bonds. The van der Waals surface area contributed by atoms with Crippen LogP contribution in [0.2, 0.25) is 0 Å². The van der Waals surface area contributed by atoms with Gasteiger partial charge < -0.3 is 20.1 Å². The third kappa shape index (κ3) is 5.01. The van der Waals surface area contributed by atoms with E-state index in [1.54, 1.807) is 9.80 Å². The van der Waals surface area contributed by atoms with Crippen LogP contribution in [0.25, 0.3) is 11.1 Å². The van der Waals surface area contributed by atoms with Crippen LogP contribution in [-0.2, 0) is 14.3 Å². The molecular formula is C25H29N3O5. The Morgan fingerprint density at radius 3 is 2.12 bits per heavy atom. The molecule has 1 atom stereocenters. The SMILES string of the molecule is CCC(NC(=O)OCC1c2ccccc2-c2ccccc21)C(=O)N1CCN(CC(=O)O)CC1. The number of hydrogen-bond donors (Lipinski definition) is 2. The molecule has 8 nitrogen and oxygen atoms in total. The first kappa shape index (κ1) is 22.8. The van der Waals surface area contributed by atoms with Crippen molar-refractivity contribution in [3.8, 4) is 11.1 Å². The number of piperazine rings is 1. The van der Waals surface area contributed by atoms with E-state index >= 15 is 0 Å². The monoisotopic (exact) mass is 451 g/mol. The Bertz CT molecular complexity index is 987. The number of ether oxygens (including phenoxy) is 1. The molecule has 1 aliphatic carbocycles. The summed E-state index contributed by atoms with van der Waals surface area (Å²) in [5, 5.41) is 11.6. The number of carboxylic acid groups (broad SMARTS) is 1. The lowest BCUT2D eigenvalue weighted by molar-refractivity contribution is -0.139. The summed E-state index contributed by atoms with van der Waals surface area (Å²) in [6.45, 7) is 3.88. The third-order valence-corrected chi connectivity index (χ3v) is 6.38. The van der Waals surface area contributed by atoms with E-state index in [0.717, 1.165) is 22.3 Å². The van der Waals surface area contributed by atoms with Gasteiger partial charge in [0, 0.05) is 32.1 Å². The molecule has 174 valence electrons. The molecule has 2 aliphatic rings. The molecule has 1 aliphatic heterocycles. The van der Waals surface area contributed by atoms with Crippen LogP contribution in [0.5, 0.6) is 0 Å². The van der Waals surface area contributed by atoms with Crippen LogP contribution in [0.1, 0.15) is 30.4 Å². The van der Waals surface area contributed by atoms with Crippen molar-refractivity contribution in [1.82, 2.24) is 15.1 Å². The zero-order valence-corrected chi connectivity index (χ0v) is 18.7. The summed E-state index contributed by atoms with van der Waals surface area (Å²) in [5.74, 6) is -1.08. The lowest BCUT2D eigenvalue weighted by atomic mass is 9.98. The van der Waals surface area contributed by atoms with Crippen LogP contribution in [0.3, 0.4) is 0 Å². The van der Waals surface area contributed by atoms with Gasteiger partial charge in [-0.25, -0.2) is 4.79 Å². The Labute approximate surface area is 193 Å². The van der Waals surface area contributed by atoms with Gasteiger partial charge in [-0.2, -0.15) is 0 Å². The maximum atomic E-state index is 12.9. The summed E-state index contributed by atoms with van der Waals surface area (Å²) < 4.78 is 5.58. The van der Waals surface area contributed by atoms with Crippen LogP contribution in [0, 0.1) is 0 Å². The number of hydrogen-bond acceptors (Lipinski definition) is 5. The molecule has 1 heterocycles. The Morgan fingerprint density at radius 2 is 1.58 bits per heavy atom. The number of carboxylic acids is 1. The number of amides is 2. The van der Waals surface area contributed by atoms with Gasteiger partial charge in [0.15, 0.2) is 0 Å². The van der Waals surface area contributed by atoms with Gasteiger partial charge in [-0.3, -0.25) is 14.5 Å². The van der Waals surface area contributed by atoms with E-state index in [1.807, 2.05) is 31.2 Å². The molecule has 0 spiro atoms. The molecule has 1 unspecified atom stereocenters. The van der Waals surface area contributed by atoms with Crippen LogP contribution in [0.15, 0.2) is 48.5 Å². The van der Waals surface area contributed by atoms with Crippen molar-refractivity contribution in [2.24, 2.45) is 0 Å². The number of carbonyl (C=O) groups excluding carboxylic acids is 2.